The van der Waals surface area contributed by atoms with E-state index in [0.717, 1.165) is 19.3 Å². The Labute approximate surface area is 147 Å². The van der Waals surface area contributed by atoms with Crippen molar-refractivity contribution in [2.24, 2.45) is 16.8 Å². The molecule has 1 amide bonds. The van der Waals surface area contributed by atoms with Crippen LogP contribution in [0.3, 0.4) is 0 Å². The first-order valence-corrected chi connectivity index (χ1v) is 8.96. The molecule has 0 bridgehead atoms. The van der Waals surface area contributed by atoms with Gasteiger partial charge in [-0.25, -0.2) is 0 Å². The van der Waals surface area contributed by atoms with Gasteiger partial charge in [-0.15, -0.1) is 0 Å². The number of fused-ring (bicyclic) bond motifs is 1. The van der Waals surface area contributed by atoms with Crippen LogP contribution in [0.1, 0.15) is 66.9 Å². The number of benzene rings is 1. The van der Waals surface area contributed by atoms with Gasteiger partial charge in [0.1, 0.15) is 11.5 Å². The van der Waals surface area contributed by atoms with Crippen molar-refractivity contribution < 1.29 is 14.3 Å². The smallest absolute Gasteiger partial charge is 0.252 e. The molecule has 1 aromatic carbocycles. The summed E-state index contributed by atoms with van der Waals surface area (Å²) >= 11 is 0. The van der Waals surface area contributed by atoms with Gasteiger partial charge in [-0.3, -0.25) is 4.79 Å². The minimum Gasteiger partial charge on any atom is -0.493 e. The average molecular weight is 344 g/mol. The number of nitrogens with zero attached hydrogens (tertiary/aromatic N) is 3. The fourth-order valence-electron chi connectivity index (χ4n) is 3.63. The molecule has 3 rings (SSSR count). The van der Waals surface area contributed by atoms with Crippen LogP contribution in [0.4, 0.5) is 0 Å². The van der Waals surface area contributed by atoms with Gasteiger partial charge in [-0.05, 0) is 43.2 Å². The lowest BCUT2D eigenvalue weighted by Crippen LogP contribution is -2.18. The van der Waals surface area contributed by atoms with E-state index in [1.54, 1.807) is 12.1 Å². The summed E-state index contributed by atoms with van der Waals surface area (Å²) < 4.78 is 11.7. The van der Waals surface area contributed by atoms with Gasteiger partial charge in [0.2, 0.25) is 0 Å². The standard InChI is InChI=1S/C18H24N4O3/c19-18(23)14-9-13-15(21-22-20)7-4-8-24-16(13)10-17(14)25-11-12-5-2-1-3-6-12/h9-10,12,15H,1-8,11H2,(H2,19,23)/t15-/m0/s1. The summed E-state index contributed by atoms with van der Waals surface area (Å²) in [6.07, 6.45) is 7.53. The van der Waals surface area contributed by atoms with Crippen molar-refractivity contribution in [1.29, 1.82) is 0 Å². The van der Waals surface area contributed by atoms with Gasteiger partial charge in [0.25, 0.3) is 5.91 Å². The summed E-state index contributed by atoms with van der Waals surface area (Å²) in [5.74, 6) is 1.03. The van der Waals surface area contributed by atoms with E-state index in [9.17, 15) is 4.79 Å². The highest BCUT2D eigenvalue weighted by Gasteiger charge is 2.24. The molecule has 0 saturated heterocycles. The topological polar surface area (TPSA) is 110 Å². The lowest BCUT2D eigenvalue weighted by atomic mass is 9.90. The van der Waals surface area contributed by atoms with Crippen LogP contribution in [0.25, 0.3) is 10.4 Å². The van der Waals surface area contributed by atoms with Crippen molar-refractivity contribution in [2.75, 3.05) is 13.2 Å². The summed E-state index contributed by atoms with van der Waals surface area (Å²) in [6, 6.07) is 3.04. The molecule has 0 spiro atoms. The van der Waals surface area contributed by atoms with Gasteiger partial charge in [-0.2, -0.15) is 0 Å². The maximum atomic E-state index is 11.9. The van der Waals surface area contributed by atoms with Crippen molar-refractivity contribution in [3.63, 3.8) is 0 Å². The lowest BCUT2D eigenvalue weighted by molar-refractivity contribution is 0.0994. The molecular weight excluding hydrogens is 320 g/mol. The van der Waals surface area contributed by atoms with E-state index in [4.69, 9.17) is 20.7 Å². The Morgan fingerprint density at radius 2 is 2.08 bits per heavy atom. The van der Waals surface area contributed by atoms with Crippen molar-refractivity contribution >= 4 is 5.91 Å². The zero-order chi connectivity index (χ0) is 17.6. The molecular formula is C18H24N4O3. The maximum Gasteiger partial charge on any atom is 0.252 e. The van der Waals surface area contributed by atoms with Gasteiger partial charge in [0.05, 0.1) is 24.8 Å². The van der Waals surface area contributed by atoms with Crippen molar-refractivity contribution in [3.05, 3.63) is 33.7 Å². The highest BCUT2D eigenvalue weighted by atomic mass is 16.5. The number of nitrogens with two attached hydrogens (primary N) is 1. The van der Waals surface area contributed by atoms with Crippen LogP contribution in [-0.4, -0.2) is 19.1 Å². The lowest BCUT2D eigenvalue weighted by Gasteiger charge is -2.23. The molecule has 2 N–H and O–H groups in total. The number of rotatable bonds is 5. The first-order chi connectivity index (χ1) is 12.2. The summed E-state index contributed by atoms with van der Waals surface area (Å²) in [5.41, 5.74) is 15.4. The number of primary amides is 1. The summed E-state index contributed by atoms with van der Waals surface area (Å²) in [6.45, 7) is 1.13. The van der Waals surface area contributed by atoms with E-state index in [0.29, 0.717) is 48.2 Å². The molecule has 1 heterocycles. The van der Waals surface area contributed by atoms with Crippen LogP contribution >= 0.6 is 0 Å². The minimum absolute atomic E-state index is 0.318. The second-order valence-corrected chi connectivity index (χ2v) is 6.78. The average Bonchev–Trinajstić information content (AvgIpc) is 2.82. The van der Waals surface area contributed by atoms with E-state index < -0.39 is 5.91 Å². The molecule has 1 aliphatic heterocycles. The number of carbonyl (C=O) groups excluding carboxylic acids is 1. The van der Waals surface area contributed by atoms with Crippen molar-refractivity contribution in [2.45, 2.75) is 51.0 Å². The quantitative estimate of drug-likeness (QED) is 0.489. The second-order valence-electron chi connectivity index (χ2n) is 6.78. The fourth-order valence-corrected chi connectivity index (χ4v) is 3.63. The van der Waals surface area contributed by atoms with Gasteiger partial charge >= 0.3 is 0 Å². The fraction of sp³-hybridized carbons (Fsp3) is 0.611. The van der Waals surface area contributed by atoms with Gasteiger partial charge in [-0.1, -0.05) is 24.4 Å². The van der Waals surface area contributed by atoms with Crippen LogP contribution in [0.5, 0.6) is 11.5 Å². The first-order valence-electron chi connectivity index (χ1n) is 8.96. The third kappa shape index (κ3) is 4.17. The summed E-state index contributed by atoms with van der Waals surface area (Å²) in [7, 11) is 0. The van der Waals surface area contributed by atoms with Gasteiger partial charge < -0.3 is 15.2 Å². The zero-order valence-corrected chi connectivity index (χ0v) is 14.3. The van der Waals surface area contributed by atoms with Crippen molar-refractivity contribution in [3.8, 4) is 11.5 Å². The number of ether oxygens (including phenoxy) is 2. The first kappa shape index (κ1) is 17.4. The summed E-state index contributed by atoms with van der Waals surface area (Å²) in [4.78, 5) is 14.8. The molecule has 7 heteroatoms. The number of hydrogen-bond donors (Lipinski definition) is 1. The van der Waals surface area contributed by atoms with E-state index in [-0.39, 0.29) is 6.04 Å². The van der Waals surface area contributed by atoms with Crippen LogP contribution in [-0.2, 0) is 0 Å². The second kappa shape index (κ2) is 8.12. The highest BCUT2D eigenvalue weighted by Crippen LogP contribution is 2.39. The normalized spacial score (nSPS) is 20.6. The molecule has 25 heavy (non-hydrogen) atoms. The minimum atomic E-state index is -0.551. The number of carbonyl (C=O) groups is 1. The molecule has 0 aromatic heterocycles. The van der Waals surface area contributed by atoms with E-state index in [2.05, 4.69) is 10.0 Å². The van der Waals surface area contributed by atoms with Crippen molar-refractivity contribution in [1.82, 2.24) is 0 Å². The highest BCUT2D eigenvalue weighted by molar-refractivity contribution is 5.96. The predicted octanol–water partition coefficient (Wildman–Crippen LogP) is 4.27. The molecule has 2 aliphatic rings. The van der Waals surface area contributed by atoms with E-state index in [1.165, 1.54) is 19.3 Å². The molecule has 1 aromatic rings. The monoisotopic (exact) mass is 344 g/mol. The Kier molecular flexibility index (Phi) is 5.66. The molecule has 1 atom stereocenters. The molecule has 0 unspecified atom stereocenters. The zero-order valence-electron chi connectivity index (χ0n) is 14.3. The van der Waals surface area contributed by atoms with Crippen LogP contribution in [0, 0.1) is 5.92 Å². The number of amides is 1. The Morgan fingerprint density at radius 3 is 2.80 bits per heavy atom. The Morgan fingerprint density at radius 1 is 1.28 bits per heavy atom. The number of azide groups is 1. The molecule has 1 aliphatic carbocycles. The third-order valence-corrected chi connectivity index (χ3v) is 5.01. The number of hydrogen-bond acceptors (Lipinski definition) is 4. The van der Waals surface area contributed by atoms with Gasteiger partial charge in [0.15, 0.2) is 0 Å². The molecule has 1 fully saturated rings. The molecule has 1 saturated carbocycles. The predicted molar refractivity (Wildman–Crippen MR) is 93.6 cm³/mol. The molecule has 7 nitrogen and oxygen atoms in total. The largest absolute Gasteiger partial charge is 0.493 e. The van der Waals surface area contributed by atoms with E-state index in [1.807, 2.05) is 0 Å². The van der Waals surface area contributed by atoms with Crippen LogP contribution < -0.4 is 15.2 Å². The Bertz CT molecular complexity index is 679. The van der Waals surface area contributed by atoms with Gasteiger partial charge in [0, 0.05) is 16.5 Å². The summed E-state index contributed by atoms with van der Waals surface area (Å²) in [5, 5.41) is 3.84. The third-order valence-electron chi connectivity index (χ3n) is 5.01. The SMILES string of the molecule is [N-]=[N+]=N[C@H]1CCCOc2cc(OCC3CCCCC3)c(C(N)=O)cc21. The maximum absolute atomic E-state index is 11.9. The van der Waals surface area contributed by atoms with Crippen LogP contribution in [0.2, 0.25) is 0 Å². The Hall–Kier alpha value is -2.40. The van der Waals surface area contributed by atoms with Crippen LogP contribution in [0.15, 0.2) is 17.2 Å². The Balaban J connectivity index is 1.88. The molecule has 0 radical (unpaired) electrons. The van der Waals surface area contributed by atoms with E-state index >= 15 is 0 Å². The molecule has 134 valence electrons.